The molecule has 0 aliphatic heterocycles. The predicted molar refractivity (Wildman–Crippen MR) is 72.7 cm³/mol. The number of carbonyl (C=O) groups is 2. The standard InChI is InChI=1S/C14H19FN2O3/c1-2-3-8-12(13(18)19)17-14(20)16-9-10-6-4-5-7-11(10)15/h4-7,12H,2-3,8-9H2,1H3,(H,18,19)(H2,16,17,20). The Balaban J connectivity index is 2.46. The molecule has 0 spiro atoms. The number of carboxylic acids is 1. The molecule has 20 heavy (non-hydrogen) atoms. The molecule has 6 heteroatoms. The number of aliphatic carboxylic acids is 1. The van der Waals surface area contributed by atoms with Crippen LogP contribution in [0.2, 0.25) is 0 Å². The maximum absolute atomic E-state index is 13.3. The zero-order valence-corrected chi connectivity index (χ0v) is 11.4. The maximum atomic E-state index is 13.3. The van der Waals surface area contributed by atoms with Crippen LogP contribution >= 0.6 is 0 Å². The first-order valence-corrected chi connectivity index (χ1v) is 6.55. The molecule has 1 unspecified atom stereocenters. The first-order chi connectivity index (χ1) is 9.54. The molecule has 0 fully saturated rings. The molecule has 0 bridgehead atoms. The van der Waals surface area contributed by atoms with Crippen molar-refractivity contribution in [2.24, 2.45) is 0 Å². The van der Waals surface area contributed by atoms with E-state index in [1.54, 1.807) is 18.2 Å². The molecule has 0 heterocycles. The molecular formula is C14H19FN2O3. The van der Waals surface area contributed by atoms with Crippen molar-refractivity contribution in [2.45, 2.75) is 38.8 Å². The number of rotatable bonds is 7. The van der Waals surface area contributed by atoms with Gasteiger partial charge in [0.2, 0.25) is 0 Å². The van der Waals surface area contributed by atoms with Gasteiger partial charge in [0.15, 0.2) is 0 Å². The van der Waals surface area contributed by atoms with Gasteiger partial charge in [-0.1, -0.05) is 38.0 Å². The zero-order chi connectivity index (χ0) is 15.0. The molecule has 1 atom stereocenters. The summed E-state index contributed by atoms with van der Waals surface area (Å²) in [6.07, 6.45) is 1.94. The number of amides is 2. The molecule has 0 saturated carbocycles. The van der Waals surface area contributed by atoms with Gasteiger partial charge in [0.05, 0.1) is 0 Å². The van der Waals surface area contributed by atoms with Crippen LogP contribution in [0.4, 0.5) is 9.18 Å². The van der Waals surface area contributed by atoms with Crippen LogP contribution in [-0.2, 0) is 11.3 Å². The van der Waals surface area contributed by atoms with E-state index in [1.165, 1.54) is 6.07 Å². The molecule has 2 amide bonds. The summed E-state index contributed by atoms with van der Waals surface area (Å²) >= 11 is 0. The Labute approximate surface area is 117 Å². The number of carboxylic acid groups (broad SMARTS) is 1. The summed E-state index contributed by atoms with van der Waals surface area (Å²) in [5, 5.41) is 13.8. The molecule has 0 saturated heterocycles. The number of nitrogens with one attached hydrogen (secondary N) is 2. The lowest BCUT2D eigenvalue weighted by Gasteiger charge is -2.15. The fourth-order valence-corrected chi connectivity index (χ4v) is 1.69. The molecular weight excluding hydrogens is 263 g/mol. The predicted octanol–water partition coefficient (Wildman–Crippen LogP) is 2.27. The number of hydrogen-bond acceptors (Lipinski definition) is 2. The number of unbranched alkanes of at least 4 members (excludes halogenated alkanes) is 1. The molecule has 1 rings (SSSR count). The van der Waals surface area contributed by atoms with Crippen molar-refractivity contribution < 1.29 is 19.1 Å². The third-order valence-electron chi connectivity index (χ3n) is 2.85. The van der Waals surface area contributed by atoms with Crippen LogP contribution in [0, 0.1) is 5.82 Å². The normalized spacial score (nSPS) is 11.7. The van der Waals surface area contributed by atoms with Crippen LogP contribution in [0.5, 0.6) is 0 Å². The quantitative estimate of drug-likeness (QED) is 0.718. The summed E-state index contributed by atoms with van der Waals surface area (Å²) in [6, 6.07) is 4.55. The topological polar surface area (TPSA) is 78.4 Å². The zero-order valence-electron chi connectivity index (χ0n) is 11.4. The van der Waals surface area contributed by atoms with Crippen molar-refractivity contribution >= 4 is 12.0 Å². The van der Waals surface area contributed by atoms with E-state index in [4.69, 9.17) is 5.11 Å². The van der Waals surface area contributed by atoms with Gasteiger partial charge in [0.25, 0.3) is 0 Å². The molecule has 0 aliphatic carbocycles. The minimum Gasteiger partial charge on any atom is -0.480 e. The highest BCUT2D eigenvalue weighted by atomic mass is 19.1. The van der Waals surface area contributed by atoms with Gasteiger partial charge < -0.3 is 15.7 Å². The van der Waals surface area contributed by atoms with Crippen molar-refractivity contribution in [3.63, 3.8) is 0 Å². The van der Waals surface area contributed by atoms with Crippen molar-refractivity contribution in [2.75, 3.05) is 0 Å². The van der Waals surface area contributed by atoms with Gasteiger partial charge in [0.1, 0.15) is 11.9 Å². The van der Waals surface area contributed by atoms with E-state index < -0.39 is 23.9 Å². The second kappa shape index (κ2) is 8.14. The number of carbonyl (C=O) groups excluding carboxylic acids is 1. The van der Waals surface area contributed by atoms with Crippen LogP contribution < -0.4 is 10.6 Å². The van der Waals surface area contributed by atoms with Gasteiger partial charge >= 0.3 is 12.0 Å². The van der Waals surface area contributed by atoms with Crippen LogP contribution in [-0.4, -0.2) is 23.1 Å². The first-order valence-electron chi connectivity index (χ1n) is 6.55. The SMILES string of the molecule is CCCCC(NC(=O)NCc1ccccc1F)C(=O)O. The maximum Gasteiger partial charge on any atom is 0.326 e. The van der Waals surface area contributed by atoms with Gasteiger partial charge in [-0.3, -0.25) is 0 Å². The summed E-state index contributed by atoms with van der Waals surface area (Å²) < 4.78 is 13.3. The Morgan fingerprint density at radius 2 is 2.05 bits per heavy atom. The number of hydrogen-bond donors (Lipinski definition) is 3. The summed E-state index contributed by atoms with van der Waals surface area (Å²) in [5.74, 6) is -1.48. The Bertz CT molecular complexity index is 465. The van der Waals surface area contributed by atoms with Crippen molar-refractivity contribution in [1.29, 1.82) is 0 Å². The molecule has 0 radical (unpaired) electrons. The Kier molecular flexibility index (Phi) is 6.49. The van der Waals surface area contributed by atoms with Gasteiger partial charge in [-0.2, -0.15) is 0 Å². The summed E-state index contributed by atoms with van der Waals surface area (Å²) in [7, 11) is 0. The molecule has 5 nitrogen and oxygen atoms in total. The van der Waals surface area contributed by atoms with Gasteiger partial charge in [-0.05, 0) is 12.5 Å². The van der Waals surface area contributed by atoms with E-state index in [-0.39, 0.29) is 6.54 Å². The Morgan fingerprint density at radius 3 is 2.65 bits per heavy atom. The second-order valence-corrected chi connectivity index (χ2v) is 4.45. The van der Waals surface area contributed by atoms with Crippen molar-refractivity contribution in [3.05, 3.63) is 35.6 Å². The first kappa shape index (κ1) is 15.9. The van der Waals surface area contributed by atoms with E-state index in [1.807, 2.05) is 6.92 Å². The number of urea groups is 1. The molecule has 1 aromatic carbocycles. The monoisotopic (exact) mass is 282 g/mol. The number of halogens is 1. The van der Waals surface area contributed by atoms with Crippen LogP contribution in [0.15, 0.2) is 24.3 Å². The summed E-state index contributed by atoms with van der Waals surface area (Å²) in [4.78, 5) is 22.6. The molecule has 1 aromatic rings. The largest absolute Gasteiger partial charge is 0.480 e. The highest BCUT2D eigenvalue weighted by molar-refractivity contribution is 5.82. The average molecular weight is 282 g/mol. The van der Waals surface area contributed by atoms with Gasteiger partial charge in [-0.15, -0.1) is 0 Å². The molecule has 0 aromatic heterocycles. The van der Waals surface area contributed by atoms with Crippen molar-refractivity contribution in [3.8, 4) is 0 Å². The van der Waals surface area contributed by atoms with Crippen LogP contribution in [0.3, 0.4) is 0 Å². The lowest BCUT2D eigenvalue weighted by molar-refractivity contribution is -0.139. The smallest absolute Gasteiger partial charge is 0.326 e. The third-order valence-corrected chi connectivity index (χ3v) is 2.85. The van der Waals surface area contributed by atoms with E-state index in [9.17, 15) is 14.0 Å². The Hall–Kier alpha value is -2.11. The van der Waals surface area contributed by atoms with Crippen LogP contribution in [0.1, 0.15) is 31.7 Å². The highest BCUT2D eigenvalue weighted by Gasteiger charge is 2.18. The van der Waals surface area contributed by atoms with E-state index in [2.05, 4.69) is 10.6 Å². The average Bonchev–Trinajstić information content (AvgIpc) is 2.42. The summed E-state index contributed by atoms with van der Waals surface area (Å²) in [5.41, 5.74) is 0.350. The van der Waals surface area contributed by atoms with E-state index in [0.29, 0.717) is 18.4 Å². The van der Waals surface area contributed by atoms with Gasteiger partial charge in [-0.25, -0.2) is 14.0 Å². The fraction of sp³-hybridized carbons (Fsp3) is 0.429. The second-order valence-electron chi connectivity index (χ2n) is 4.45. The highest BCUT2D eigenvalue weighted by Crippen LogP contribution is 2.05. The fourth-order valence-electron chi connectivity index (χ4n) is 1.69. The number of benzene rings is 1. The van der Waals surface area contributed by atoms with E-state index in [0.717, 1.165) is 6.42 Å². The lowest BCUT2D eigenvalue weighted by Crippen LogP contribution is -2.45. The van der Waals surface area contributed by atoms with Crippen molar-refractivity contribution in [1.82, 2.24) is 10.6 Å². The lowest BCUT2D eigenvalue weighted by atomic mass is 10.1. The van der Waals surface area contributed by atoms with Crippen LogP contribution in [0.25, 0.3) is 0 Å². The van der Waals surface area contributed by atoms with E-state index >= 15 is 0 Å². The minimum absolute atomic E-state index is 0.0125. The third kappa shape index (κ3) is 5.26. The minimum atomic E-state index is -1.07. The molecule has 110 valence electrons. The summed E-state index contributed by atoms with van der Waals surface area (Å²) in [6.45, 7) is 1.95. The molecule has 0 aliphatic rings. The molecule has 3 N–H and O–H groups in total. The van der Waals surface area contributed by atoms with Gasteiger partial charge in [0, 0.05) is 12.1 Å². The Morgan fingerprint density at radius 1 is 1.35 bits per heavy atom.